The maximum absolute atomic E-state index is 12.5. The van der Waals surface area contributed by atoms with Gasteiger partial charge in [0.05, 0.1) is 5.39 Å². The molecular weight excluding hydrogens is 316 g/mol. The lowest BCUT2D eigenvalue weighted by molar-refractivity contribution is -0.123. The van der Waals surface area contributed by atoms with Crippen LogP contribution in [-0.2, 0) is 4.79 Å². The van der Waals surface area contributed by atoms with Crippen LogP contribution in [-0.4, -0.2) is 39.3 Å². The molecule has 0 spiro atoms. The van der Waals surface area contributed by atoms with E-state index >= 15 is 0 Å². The van der Waals surface area contributed by atoms with Crippen molar-refractivity contribution in [1.82, 2.24) is 20.4 Å². The fraction of sp³-hybridized carbons (Fsp3) is 0.267. The Morgan fingerprint density at radius 2 is 1.88 bits per heavy atom. The van der Waals surface area contributed by atoms with Crippen LogP contribution in [0, 0.1) is 0 Å². The Morgan fingerprint density at radius 1 is 1.25 bits per heavy atom. The van der Waals surface area contributed by atoms with Crippen LogP contribution in [0.1, 0.15) is 30.4 Å². The molecule has 3 amide bonds. The highest BCUT2D eigenvalue weighted by Crippen LogP contribution is 2.14. The third kappa shape index (κ3) is 3.24. The van der Waals surface area contributed by atoms with Gasteiger partial charge in [0.25, 0.3) is 11.5 Å². The molecule has 0 aliphatic heterocycles. The molecule has 3 N–H and O–H groups in total. The van der Waals surface area contributed by atoms with Crippen LogP contribution in [0.25, 0.3) is 10.8 Å². The number of hydrogen-bond acceptors (Lipinski definition) is 5. The maximum Gasteiger partial charge on any atom is 0.357 e. The summed E-state index contributed by atoms with van der Waals surface area (Å²) in [5, 5.41) is 17.8. The molecule has 1 atom stereocenters. The van der Waals surface area contributed by atoms with Gasteiger partial charge in [-0.1, -0.05) is 18.2 Å². The molecule has 0 saturated heterocycles. The zero-order valence-corrected chi connectivity index (χ0v) is 13.1. The van der Waals surface area contributed by atoms with Crippen LogP contribution in [0.15, 0.2) is 29.1 Å². The van der Waals surface area contributed by atoms with Crippen molar-refractivity contribution < 1.29 is 19.5 Å². The summed E-state index contributed by atoms with van der Waals surface area (Å²) in [4.78, 5) is 47.4. The lowest BCUT2D eigenvalue weighted by Crippen LogP contribution is -2.44. The lowest BCUT2D eigenvalue weighted by Gasteiger charge is -2.15. The van der Waals surface area contributed by atoms with E-state index < -0.39 is 29.5 Å². The Labute approximate surface area is 136 Å². The number of hydrogen-bond donors (Lipinski definition) is 3. The predicted octanol–water partition coefficient (Wildman–Crippen LogP) is 0.501. The van der Waals surface area contributed by atoms with Crippen molar-refractivity contribution in [3.63, 3.8) is 0 Å². The third-order valence-electron chi connectivity index (χ3n) is 3.35. The Hall–Kier alpha value is -3.23. The number of imide groups is 1. The van der Waals surface area contributed by atoms with E-state index in [0.29, 0.717) is 6.54 Å². The summed E-state index contributed by atoms with van der Waals surface area (Å²) in [6, 6.07) is 4.22. The largest absolute Gasteiger partial charge is 0.476 e. The average Bonchev–Trinajstić information content (AvgIpc) is 2.54. The minimum absolute atomic E-state index is 0.127. The van der Waals surface area contributed by atoms with Gasteiger partial charge >= 0.3 is 12.0 Å². The van der Waals surface area contributed by atoms with Gasteiger partial charge in [0.15, 0.2) is 5.69 Å². The first-order valence-corrected chi connectivity index (χ1v) is 7.20. The summed E-state index contributed by atoms with van der Waals surface area (Å²) in [7, 11) is 0. The summed E-state index contributed by atoms with van der Waals surface area (Å²) >= 11 is 0. The van der Waals surface area contributed by atoms with Crippen molar-refractivity contribution >= 4 is 28.7 Å². The van der Waals surface area contributed by atoms with Crippen LogP contribution in [0.2, 0.25) is 0 Å². The van der Waals surface area contributed by atoms with Crippen molar-refractivity contribution in [2.45, 2.75) is 19.9 Å². The molecule has 0 aliphatic rings. The number of nitrogens with zero attached hydrogens (tertiary/aromatic N) is 2. The fourth-order valence-electron chi connectivity index (χ4n) is 2.16. The number of benzene rings is 1. The van der Waals surface area contributed by atoms with Gasteiger partial charge in [-0.25, -0.2) is 14.3 Å². The van der Waals surface area contributed by atoms with E-state index in [4.69, 9.17) is 0 Å². The number of carbonyl (C=O) groups is 3. The fourth-order valence-corrected chi connectivity index (χ4v) is 2.16. The second-order valence-electron chi connectivity index (χ2n) is 4.97. The number of nitrogens with one attached hydrogen (secondary N) is 2. The number of aromatic carboxylic acids is 1. The first kappa shape index (κ1) is 17.1. The topological polar surface area (TPSA) is 130 Å². The van der Waals surface area contributed by atoms with Crippen molar-refractivity contribution in [2.75, 3.05) is 6.54 Å². The van der Waals surface area contributed by atoms with Gasteiger partial charge < -0.3 is 10.4 Å². The minimum Gasteiger partial charge on any atom is -0.476 e. The van der Waals surface area contributed by atoms with E-state index in [9.17, 15) is 24.3 Å². The number of carboxylic acid groups (broad SMARTS) is 1. The number of aromatic nitrogens is 2. The number of fused-ring (bicyclic) bond motifs is 1. The number of rotatable bonds is 4. The Kier molecular flexibility index (Phi) is 4.93. The SMILES string of the molecule is CCNC(=O)NC(=O)C(C)n1nc(C(=O)O)c2ccccc2c1=O. The highest BCUT2D eigenvalue weighted by Gasteiger charge is 2.23. The molecule has 0 radical (unpaired) electrons. The van der Waals surface area contributed by atoms with E-state index in [1.807, 2.05) is 0 Å². The summed E-state index contributed by atoms with van der Waals surface area (Å²) in [6.45, 7) is 3.36. The van der Waals surface area contributed by atoms with Gasteiger partial charge in [-0.15, -0.1) is 0 Å². The minimum atomic E-state index is -1.32. The van der Waals surface area contributed by atoms with E-state index in [2.05, 4.69) is 15.7 Å². The van der Waals surface area contributed by atoms with Gasteiger partial charge in [0.1, 0.15) is 6.04 Å². The summed E-state index contributed by atoms with van der Waals surface area (Å²) < 4.78 is 0.764. The quantitative estimate of drug-likeness (QED) is 0.747. The van der Waals surface area contributed by atoms with Gasteiger partial charge in [-0.3, -0.25) is 14.9 Å². The van der Waals surface area contributed by atoms with Crippen molar-refractivity contribution in [3.8, 4) is 0 Å². The van der Waals surface area contributed by atoms with Gasteiger partial charge in [-0.05, 0) is 19.9 Å². The molecule has 9 nitrogen and oxygen atoms in total. The third-order valence-corrected chi connectivity index (χ3v) is 3.35. The molecule has 0 saturated carbocycles. The highest BCUT2D eigenvalue weighted by atomic mass is 16.4. The van der Waals surface area contributed by atoms with Crippen LogP contribution >= 0.6 is 0 Å². The second-order valence-corrected chi connectivity index (χ2v) is 4.97. The number of urea groups is 1. The molecular formula is C15H16N4O5. The van der Waals surface area contributed by atoms with E-state index in [0.717, 1.165) is 4.68 Å². The molecule has 2 aromatic rings. The summed E-state index contributed by atoms with van der Waals surface area (Å²) in [6.07, 6.45) is 0. The van der Waals surface area contributed by atoms with E-state index in [1.54, 1.807) is 19.1 Å². The number of carboxylic acids is 1. The Balaban J connectivity index is 2.50. The van der Waals surface area contributed by atoms with E-state index in [1.165, 1.54) is 19.1 Å². The highest BCUT2D eigenvalue weighted by molar-refractivity contribution is 6.01. The molecule has 2 rings (SSSR count). The molecule has 1 aromatic carbocycles. The standard InChI is InChI=1S/C15H16N4O5/c1-3-16-15(24)17-12(20)8(2)19-13(21)10-7-5-4-6-9(10)11(18-19)14(22)23/h4-8H,3H2,1-2H3,(H,22,23)(H2,16,17,20,24). The zero-order valence-electron chi connectivity index (χ0n) is 13.1. The molecule has 0 aliphatic carbocycles. The van der Waals surface area contributed by atoms with Gasteiger partial charge in [-0.2, -0.15) is 5.10 Å². The molecule has 126 valence electrons. The van der Waals surface area contributed by atoms with Crippen molar-refractivity contribution in [1.29, 1.82) is 0 Å². The number of amides is 3. The molecule has 9 heteroatoms. The van der Waals surface area contributed by atoms with Crippen LogP contribution < -0.4 is 16.2 Å². The first-order valence-electron chi connectivity index (χ1n) is 7.20. The Bertz CT molecular complexity index is 874. The molecule has 1 heterocycles. The molecule has 0 bridgehead atoms. The van der Waals surface area contributed by atoms with Crippen LogP contribution in [0.3, 0.4) is 0 Å². The summed E-state index contributed by atoms with van der Waals surface area (Å²) in [5.74, 6) is -2.10. The molecule has 24 heavy (non-hydrogen) atoms. The monoisotopic (exact) mass is 332 g/mol. The van der Waals surface area contributed by atoms with Crippen molar-refractivity contribution in [2.24, 2.45) is 0 Å². The van der Waals surface area contributed by atoms with E-state index in [-0.39, 0.29) is 16.5 Å². The van der Waals surface area contributed by atoms with Crippen LogP contribution in [0.4, 0.5) is 4.79 Å². The molecule has 0 fully saturated rings. The summed E-state index contributed by atoms with van der Waals surface area (Å²) in [5.41, 5.74) is -0.961. The second kappa shape index (κ2) is 6.90. The lowest BCUT2D eigenvalue weighted by atomic mass is 10.1. The first-order chi connectivity index (χ1) is 11.4. The number of carbonyl (C=O) groups excluding carboxylic acids is 2. The average molecular weight is 332 g/mol. The smallest absolute Gasteiger partial charge is 0.357 e. The normalized spacial score (nSPS) is 11.8. The molecule has 1 aromatic heterocycles. The molecule has 1 unspecified atom stereocenters. The predicted molar refractivity (Wildman–Crippen MR) is 84.9 cm³/mol. The zero-order chi connectivity index (χ0) is 17.9. The van der Waals surface area contributed by atoms with Crippen molar-refractivity contribution in [3.05, 3.63) is 40.3 Å². The maximum atomic E-state index is 12.5. The van der Waals surface area contributed by atoms with Crippen LogP contribution in [0.5, 0.6) is 0 Å². The van der Waals surface area contributed by atoms with Gasteiger partial charge in [0, 0.05) is 11.9 Å². The van der Waals surface area contributed by atoms with Gasteiger partial charge in [0.2, 0.25) is 0 Å². The Morgan fingerprint density at radius 3 is 2.46 bits per heavy atom.